The third-order valence-electron chi connectivity index (χ3n) is 5.49. The molecular weight excluding hydrogens is 358 g/mol. The highest BCUT2D eigenvalue weighted by Gasteiger charge is 2.54. The molecule has 0 bridgehead atoms. The van der Waals surface area contributed by atoms with Gasteiger partial charge >= 0.3 is 0 Å². The number of aromatic nitrogens is 1. The SMILES string of the molecule is CNC(=O)c1cc(C(=O)NC2[C@H]3COC[C@@H]23)cc([C@H](O)c2ccc(C)cc2)n1. The van der Waals surface area contributed by atoms with E-state index in [0.717, 1.165) is 5.56 Å². The van der Waals surface area contributed by atoms with Crippen LogP contribution in [0.15, 0.2) is 36.4 Å². The lowest BCUT2D eigenvalue weighted by Crippen LogP contribution is -2.31. The van der Waals surface area contributed by atoms with E-state index in [1.54, 1.807) is 18.2 Å². The highest BCUT2D eigenvalue weighted by molar-refractivity contribution is 5.99. The molecule has 7 heteroatoms. The number of benzene rings is 1. The molecule has 3 N–H and O–H groups in total. The fourth-order valence-corrected chi connectivity index (χ4v) is 3.68. The maximum Gasteiger partial charge on any atom is 0.269 e. The summed E-state index contributed by atoms with van der Waals surface area (Å²) in [4.78, 5) is 29.2. The Morgan fingerprint density at radius 3 is 2.46 bits per heavy atom. The number of carbonyl (C=O) groups is 2. The van der Waals surface area contributed by atoms with Gasteiger partial charge in [-0.1, -0.05) is 29.8 Å². The first-order valence-electron chi connectivity index (χ1n) is 9.35. The molecule has 2 fully saturated rings. The zero-order valence-corrected chi connectivity index (χ0v) is 15.8. The normalized spacial score (nSPS) is 23.6. The number of aryl methyl sites for hydroxylation is 1. The van der Waals surface area contributed by atoms with E-state index in [4.69, 9.17) is 4.74 Å². The number of carbonyl (C=O) groups excluding carboxylic acids is 2. The first-order chi connectivity index (χ1) is 13.5. The van der Waals surface area contributed by atoms with Crippen LogP contribution in [0.25, 0.3) is 0 Å². The van der Waals surface area contributed by atoms with Crippen LogP contribution >= 0.6 is 0 Å². The molecule has 2 aliphatic rings. The largest absolute Gasteiger partial charge is 0.382 e. The number of amides is 2. The van der Waals surface area contributed by atoms with Gasteiger partial charge in [0.2, 0.25) is 0 Å². The van der Waals surface area contributed by atoms with Crippen molar-refractivity contribution in [2.75, 3.05) is 20.3 Å². The lowest BCUT2D eigenvalue weighted by Gasteiger charge is -2.14. The molecule has 1 unspecified atom stereocenters. The second kappa shape index (κ2) is 7.33. The first-order valence-corrected chi connectivity index (χ1v) is 9.35. The monoisotopic (exact) mass is 381 g/mol. The summed E-state index contributed by atoms with van der Waals surface area (Å²) in [5, 5.41) is 16.3. The Hall–Kier alpha value is -2.77. The second-order valence-corrected chi connectivity index (χ2v) is 7.42. The van der Waals surface area contributed by atoms with Crippen molar-refractivity contribution < 1.29 is 19.4 Å². The molecule has 2 heterocycles. The van der Waals surface area contributed by atoms with E-state index in [2.05, 4.69) is 15.6 Å². The topological polar surface area (TPSA) is 101 Å². The van der Waals surface area contributed by atoms with Crippen LogP contribution in [0.2, 0.25) is 0 Å². The molecule has 2 aromatic rings. The summed E-state index contributed by atoms with van der Waals surface area (Å²) in [6.07, 6.45) is -1.04. The molecule has 1 saturated carbocycles. The summed E-state index contributed by atoms with van der Waals surface area (Å²) >= 11 is 0. The van der Waals surface area contributed by atoms with Crippen LogP contribution in [-0.4, -0.2) is 48.2 Å². The van der Waals surface area contributed by atoms with E-state index in [0.29, 0.717) is 36.2 Å². The lowest BCUT2D eigenvalue weighted by molar-refractivity contribution is 0.0928. The number of aliphatic hydroxyl groups excluding tert-OH is 1. The Morgan fingerprint density at radius 2 is 1.82 bits per heavy atom. The third-order valence-corrected chi connectivity index (χ3v) is 5.49. The van der Waals surface area contributed by atoms with Crippen LogP contribution in [-0.2, 0) is 4.74 Å². The maximum atomic E-state index is 12.8. The number of pyridine rings is 1. The van der Waals surface area contributed by atoms with Crippen LogP contribution in [0.1, 0.15) is 43.8 Å². The molecule has 4 atom stereocenters. The molecule has 146 valence electrons. The smallest absolute Gasteiger partial charge is 0.269 e. The van der Waals surface area contributed by atoms with Gasteiger partial charge in [-0.05, 0) is 24.6 Å². The summed E-state index contributed by atoms with van der Waals surface area (Å²) < 4.78 is 5.35. The number of hydrogen-bond acceptors (Lipinski definition) is 5. The predicted octanol–water partition coefficient (Wildman–Crippen LogP) is 1.21. The van der Waals surface area contributed by atoms with E-state index in [9.17, 15) is 14.7 Å². The fourth-order valence-electron chi connectivity index (χ4n) is 3.68. The summed E-state index contributed by atoms with van der Waals surface area (Å²) in [5.74, 6) is 0.0663. The maximum absolute atomic E-state index is 12.8. The van der Waals surface area contributed by atoms with E-state index < -0.39 is 12.0 Å². The third kappa shape index (κ3) is 3.50. The van der Waals surface area contributed by atoms with E-state index in [1.807, 2.05) is 19.1 Å². The Morgan fingerprint density at radius 1 is 1.14 bits per heavy atom. The van der Waals surface area contributed by atoms with Gasteiger partial charge in [0, 0.05) is 30.5 Å². The van der Waals surface area contributed by atoms with Crippen LogP contribution in [0.4, 0.5) is 0 Å². The van der Waals surface area contributed by atoms with E-state index in [-0.39, 0.29) is 23.3 Å². The van der Waals surface area contributed by atoms with Gasteiger partial charge in [-0.25, -0.2) is 4.98 Å². The minimum absolute atomic E-state index is 0.0932. The molecule has 2 amide bonds. The van der Waals surface area contributed by atoms with E-state index >= 15 is 0 Å². The second-order valence-electron chi connectivity index (χ2n) is 7.42. The fraction of sp³-hybridized carbons (Fsp3) is 0.381. The average Bonchev–Trinajstić information content (AvgIpc) is 3.13. The molecule has 1 aliphatic carbocycles. The molecule has 1 aliphatic heterocycles. The molecule has 0 spiro atoms. The van der Waals surface area contributed by atoms with Crippen molar-refractivity contribution in [2.45, 2.75) is 19.1 Å². The van der Waals surface area contributed by atoms with Crippen LogP contribution < -0.4 is 10.6 Å². The zero-order chi connectivity index (χ0) is 19.8. The molecule has 0 radical (unpaired) electrons. The van der Waals surface area contributed by atoms with Crippen LogP contribution in [0.3, 0.4) is 0 Å². The number of fused-ring (bicyclic) bond motifs is 1. The average molecular weight is 381 g/mol. The molecule has 1 saturated heterocycles. The number of hydrogen-bond donors (Lipinski definition) is 3. The highest BCUT2D eigenvalue weighted by atomic mass is 16.5. The number of aliphatic hydroxyl groups is 1. The minimum atomic E-state index is -1.04. The number of nitrogens with zero attached hydrogens (tertiary/aromatic N) is 1. The van der Waals surface area contributed by atoms with Gasteiger partial charge in [-0.15, -0.1) is 0 Å². The van der Waals surface area contributed by atoms with Gasteiger partial charge in [0.05, 0.1) is 18.9 Å². The standard InChI is InChI=1S/C21H23N3O4/c1-11-3-5-12(6-4-11)19(25)16-7-13(8-17(23-16)21(27)22-2)20(26)24-18-14-9-28-10-15(14)18/h3-8,14-15,18-19,25H,9-10H2,1-2H3,(H,22,27)(H,24,26)/t14-,15+,18?,19-/m1/s1. The molecule has 28 heavy (non-hydrogen) atoms. The predicted molar refractivity (Wildman–Crippen MR) is 102 cm³/mol. The van der Waals surface area contributed by atoms with Crippen molar-refractivity contribution in [3.8, 4) is 0 Å². The highest BCUT2D eigenvalue weighted by Crippen LogP contribution is 2.44. The van der Waals surface area contributed by atoms with Crippen molar-refractivity contribution in [1.29, 1.82) is 0 Å². The van der Waals surface area contributed by atoms with Crippen molar-refractivity contribution in [3.63, 3.8) is 0 Å². The van der Waals surface area contributed by atoms with Crippen molar-refractivity contribution in [2.24, 2.45) is 11.8 Å². The Balaban J connectivity index is 1.62. The minimum Gasteiger partial charge on any atom is -0.382 e. The van der Waals surface area contributed by atoms with Crippen molar-refractivity contribution in [1.82, 2.24) is 15.6 Å². The van der Waals surface area contributed by atoms with Crippen molar-refractivity contribution >= 4 is 11.8 Å². The molecule has 1 aromatic heterocycles. The Kier molecular flexibility index (Phi) is 4.87. The van der Waals surface area contributed by atoms with Gasteiger partial charge in [0.25, 0.3) is 11.8 Å². The molecule has 7 nitrogen and oxygen atoms in total. The van der Waals surface area contributed by atoms with Crippen LogP contribution in [0, 0.1) is 18.8 Å². The number of rotatable bonds is 5. The van der Waals surface area contributed by atoms with E-state index in [1.165, 1.54) is 13.1 Å². The summed E-state index contributed by atoms with van der Waals surface area (Å²) in [6.45, 7) is 3.31. The van der Waals surface area contributed by atoms with Crippen molar-refractivity contribution in [3.05, 3.63) is 64.5 Å². The number of ether oxygens (including phenoxy) is 1. The quantitative estimate of drug-likeness (QED) is 0.723. The van der Waals surface area contributed by atoms with Gasteiger partial charge in [-0.3, -0.25) is 9.59 Å². The first kappa shape index (κ1) is 18.6. The summed E-state index contributed by atoms with van der Waals surface area (Å²) in [5.41, 5.74) is 2.38. The van der Waals surface area contributed by atoms with Crippen LogP contribution in [0.5, 0.6) is 0 Å². The van der Waals surface area contributed by atoms with Gasteiger partial charge in [-0.2, -0.15) is 0 Å². The number of nitrogens with one attached hydrogen (secondary N) is 2. The molecule has 1 aromatic carbocycles. The van der Waals surface area contributed by atoms with Gasteiger partial charge < -0.3 is 20.5 Å². The molecule has 4 rings (SSSR count). The zero-order valence-electron chi connectivity index (χ0n) is 15.8. The summed E-state index contributed by atoms with van der Waals surface area (Å²) in [7, 11) is 1.50. The Labute approximate surface area is 163 Å². The molecular formula is C21H23N3O4. The lowest BCUT2D eigenvalue weighted by atomic mass is 10.0. The Bertz CT molecular complexity index is 902. The van der Waals surface area contributed by atoms with Gasteiger partial charge in [0.1, 0.15) is 11.8 Å². The van der Waals surface area contributed by atoms with Gasteiger partial charge in [0.15, 0.2) is 0 Å². The summed E-state index contributed by atoms with van der Waals surface area (Å²) in [6, 6.07) is 10.5.